The Kier molecular flexibility index (Phi) is 5.22. The second-order valence-corrected chi connectivity index (χ2v) is 8.47. The van der Waals surface area contributed by atoms with Crippen LogP contribution in [0.5, 0.6) is 0 Å². The number of rotatable bonds is 4. The molecule has 6 nitrogen and oxygen atoms in total. The first-order valence-electron chi connectivity index (χ1n) is 8.11. The minimum Gasteiger partial charge on any atom is -0.348 e. The van der Waals surface area contributed by atoms with Gasteiger partial charge in [-0.05, 0) is 36.8 Å². The van der Waals surface area contributed by atoms with Crippen molar-refractivity contribution in [3.05, 3.63) is 65.2 Å². The van der Waals surface area contributed by atoms with Crippen LogP contribution in [0.15, 0.2) is 42.5 Å². The largest absolute Gasteiger partial charge is 0.348 e. The minimum absolute atomic E-state index is 0.0363. The molecule has 0 bridgehead atoms. The fourth-order valence-corrected chi connectivity index (χ4v) is 4.43. The molecule has 1 heterocycles. The number of carbonyl (C=O) groups excluding carboxylic acids is 2. The molecule has 2 aromatic rings. The summed E-state index contributed by atoms with van der Waals surface area (Å²) in [6, 6.07) is 8.30. The quantitative estimate of drug-likeness (QED) is 0.831. The van der Waals surface area contributed by atoms with Crippen molar-refractivity contribution in [3.63, 3.8) is 0 Å². The maximum absolute atomic E-state index is 13.2. The van der Waals surface area contributed by atoms with Gasteiger partial charge in [-0.15, -0.1) is 0 Å². The molecule has 1 saturated heterocycles. The molecule has 9 heteroatoms. The highest BCUT2D eigenvalue weighted by atomic mass is 32.2. The lowest BCUT2D eigenvalue weighted by Crippen LogP contribution is -2.35. The van der Waals surface area contributed by atoms with Gasteiger partial charge in [-0.2, -0.15) is 0 Å². The van der Waals surface area contributed by atoms with Crippen LogP contribution in [-0.2, 0) is 9.84 Å². The van der Waals surface area contributed by atoms with Crippen LogP contribution in [0.1, 0.15) is 27.1 Å². The summed E-state index contributed by atoms with van der Waals surface area (Å²) in [6.45, 7) is 0. The first-order chi connectivity index (χ1) is 12.7. The molecule has 1 aliphatic heterocycles. The fourth-order valence-electron chi connectivity index (χ4n) is 2.76. The molecule has 2 amide bonds. The van der Waals surface area contributed by atoms with Gasteiger partial charge in [0.1, 0.15) is 0 Å². The molecule has 1 unspecified atom stereocenters. The van der Waals surface area contributed by atoms with Gasteiger partial charge in [-0.25, -0.2) is 17.2 Å². The Labute approximate surface area is 154 Å². The molecule has 142 valence electrons. The van der Waals surface area contributed by atoms with E-state index >= 15 is 0 Å². The highest BCUT2D eigenvalue weighted by Crippen LogP contribution is 2.16. The van der Waals surface area contributed by atoms with E-state index in [2.05, 4.69) is 10.6 Å². The number of carbonyl (C=O) groups is 2. The fraction of sp³-hybridized carbons (Fsp3) is 0.222. The molecule has 0 radical (unpaired) electrons. The summed E-state index contributed by atoms with van der Waals surface area (Å²) in [6.07, 6.45) is 0.352. The molecular formula is C18H16F2N2O4S. The summed E-state index contributed by atoms with van der Waals surface area (Å²) < 4.78 is 49.1. The summed E-state index contributed by atoms with van der Waals surface area (Å²) >= 11 is 0. The van der Waals surface area contributed by atoms with E-state index in [1.54, 1.807) is 0 Å². The Hall–Kier alpha value is -2.81. The lowest BCUT2D eigenvalue weighted by atomic mass is 10.1. The Morgan fingerprint density at radius 2 is 1.67 bits per heavy atom. The summed E-state index contributed by atoms with van der Waals surface area (Å²) in [4.78, 5) is 24.6. The van der Waals surface area contributed by atoms with Gasteiger partial charge in [-0.1, -0.05) is 6.07 Å². The second kappa shape index (κ2) is 7.43. The smallest absolute Gasteiger partial charge is 0.255 e. The van der Waals surface area contributed by atoms with Gasteiger partial charge < -0.3 is 10.6 Å². The van der Waals surface area contributed by atoms with Crippen LogP contribution in [0.3, 0.4) is 0 Å². The van der Waals surface area contributed by atoms with Crippen molar-refractivity contribution >= 4 is 27.3 Å². The molecule has 1 fully saturated rings. The highest BCUT2D eigenvalue weighted by molar-refractivity contribution is 7.91. The molecule has 0 aromatic heterocycles. The summed E-state index contributed by atoms with van der Waals surface area (Å²) in [5, 5.41) is 5.06. The van der Waals surface area contributed by atoms with E-state index in [-0.39, 0.29) is 28.3 Å². The second-order valence-electron chi connectivity index (χ2n) is 6.24. The zero-order valence-corrected chi connectivity index (χ0v) is 14.9. The van der Waals surface area contributed by atoms with Crippen LogP contribution >= 0.6 is 0 Å². The van der Waals surface area contributed by atoms with Crippen molar-refractivity contribution < 1.29 is 26.8 Å². The van der Waals surface area contributed by atoms with Gasteiger partial charge in [0.2, 0.25) is 0 Å². The van der Waals surface area contributed by atoms with Gasteiger partial charge in [0, 0.05) is 28.9 Å². The van der Waals surface area contributed by atoms with E-state index in [1.807, 2.05) is 0 Å². The van der Waals surface area contributed by atoms with Gasteiger partial charge in [0.15, 0.2) is 21.5 Å². The van der Waals surface area contributed by atoms with Crippen LogP contribution in [0, 0.1) is 11.6 Å². The predicted octanol–water partition coefficient (Wildman–Crippen LogP) is 2.13. The third-order valence-corrected chi connectivity index (χ3v) is 5.90. The van der Waals surface area contributed by atoms with E-state index in [0.717, 1.165) is 12.1 Å². The van der Waals surface area contributed by atoms with Gasteiger partial charge in [-0.3, -0.25) is 9.59 Å². The van der Waals surface area contributed by atoms with Gasteiger partial charge in [0.05, 0.1) is 11.5 Å². The monoisotopic (exact) mass is 394 g/mol. The Balaban J connectivity index is 1.69. The van der Waals surface area contributed by atoms with Crippen LogP contribution in [0.25, 0.3) is 0 Å². The Morgan fingerprint density at radius 1 is 0.963 bits per heavy atom. The van der Waals surface area contributed by atoms with Gasteiger partial charge >= 0.3 is 0 Å². The molecule has 1 atom stereocenters. The topological polar surface area (TPSA) is 92.3 Å². The molecule has 2 N–H and O–H groups in total. The maximum Gasteiger partial charge on any atom is 0.255 e. The summed E-state index contributed by atoms with van der Waals surface area (Å²) in [5.74, 6) is -3.27. The van der Waals surface area contributed by atoms with Crippen molar-refractivity contribution in [3.8, 4) is 0 Å². The molecule has 27 heavy (non-hydrogen) atoms. The number of nitrogens with one attached hydrogen (secondary N) is 2. The SMILES string of the molecule is O=C(Nc1ccc(F)c(F)c1)c1cccc(C(=O)NC2CCS(=O)(=O)C2)c1. The average molecular weight is 394 g/mol. The molecule has 1 aliphatic rings. The normalized spacial score (nSPS) is 18.1. The van der Waals surface area contributed by atoms with E-state index < -0.39 is 39.3 Å². The number of amides is 2. The maximum atomic E-state index is 13.2. The number of hydrogen-bond acceptors (Lipinski definition) is 4. The zero-order chi connectivity index (χ0) is 19.6. The molecule has 0 saturated carbocycles. The number of sulfone groups is 1. The van der Waals surface area contributed by atoms with Crippen molar-refractivity contribution in [2.24, 2.45) is 0 Å². The van der Waals surface area contributed by atoms with Crippen LogP contribution < -0.4 is 10.6 Å². The van der Waals surface area contributed by atoms with E-state index in [0.29, 0.717) is 6.42 Å². The average Bonchev–Trinajstić information content (AvgIpc) is 2.96. The third-order valence-electron chi connectivity index (χ3n) is 4.13. The third kappa shape index (κ3) is 4.68. The standard InChI is InChI=1S/C18H16F2N2O4S/c19-15-5-4-13(9-16(15)20)21-17(23)11-2-1-3-12(8-11)18(24)22-14-6-7-27(25,26)10-14/h1-5,8-9,14H,6-7,10H2,(H,21,23)(H,22,24). The van der Waals surface area contributed by atoms with Crippen molar-refractivity contribution in [1.29, 1.82) is 0 Å². The summed E-state index contributed by atoms with van der Waals surface area (Å²) in [5.41, 5.74) is 0.411. The number of anilines is 1. The lowest BCUT2D eigenvalue weighted by molar-refractivity contribution is 0.0941. The Morgan fingerprint density at radius 3 is 2.30 bits per heavy atom. The first-order valence-corrected chi connectivity index (χ1v) is 9.93. The van der Waals surface area contributed by atoms with Crippen LogP contribution in [-0.4, -0.2) is 37.8 Å². The summed E-state index contributed by atoms with van der Waals surface area (Å²) in [7, 11) is -3.12. The minimum atomic E-state index is -3.12. The van der Waals surface area contributed by atoms with Crippen LogP contribution in [0.2, 0.25) is 0 Å². The van der Waals surface area contributed by atoms with Gasteiger partial charge in [0.25, 0.3) is 11.8 Å². The molecule has 0 aliphatic carbocycles. The number of benzene rings is 2. The molecular weight excluding hydrogens is 378 g/mol. The molecule has 0 spiro atoms. The number of hydrogen-bond donors (Lipinski definition) is 2. The molecule has 3 rings (SSSR count). The molecule has 2 aromatic carbocycles. The predicted molar refractivity (Wildman–Crippen MR) is 95.3 cm³/mol. The van der Waals surface area contributed by atoms with Crippen LogP contribution in [0.4, 0.5) is 14.5 Å². The first kappa shape index (κ1) is 19.0. The van der Waals surface area contributed by atoms with E-state index in [9.17, 15) is 26.8 Å². The van der Waals surface area contributed by atoms with E-state index in [1.165, 1.54) is 30.3 Å². The lowest BCUT2D eigenvalue weighted by Gasteiger charge is -2.11. The van der Waals surface area contributed by atoms with Crippen molar-refractivity contribution in [2.45, 2.75) is 12.5 Å². The van der Waals surface area contributed by atoms with Crippen molar-refractivity contribution in [1.82, 2.24) is 5.32 Å². The Bertz CT molecular complexity index is 1010. The zero-order valence-electron chi connectivity index (χ0n) is 14.0. The number of halogens is 2. The van der Waals surface area contributed by atoms with Crippen molar-refractivity contribution in [2.75, 3.05) is 16.8 Å². The highest BCUT2D eigenvalue weighted by Gasteiger charge is 2.29. The van der Waals surface area contributed by atoms with E-state index in [4.69, 9.17) is 0 Å².